The third-order valence-electron chi connectivity index (χ3n) is 1.19. The second-order valence-electron chi connectivity index (χ2n) is 1.92. The largest absolute Gasteiger partial charge is 0.392 e. The van der Waals surface area contributed by atoms with E-state index in [1.807, 2.05) is 0 Å². The van der Waals surface area contributed by atoms with E-state index < -0.39 is 4.92 Å². The second-order valence-corrected chi connectivity index (χ2v) is 2.65. The fraction of sp³-hybridized carbons (Fsp3) is 0. The molecule has 1 heterocycles. The molecule has 5 nitrogen and oxygen atoms in total. The Kier molecular flexibility index (Phi) is 2.35. The van der Waals surface area contributed by atoms with Crippen molar-refractivity contribution in [2.75, 3.05) is 5.73 Å². The van der Waals surface area contributed by atoms with Gasteiger partial charge >= 0.3 is 5.69 Å². The summed E-state index contributed by atoms with van der Waals surface area (Å²) in [5.74, 6) is 0. The molecule has 0 aliphatic rings. The molecule has 0 aliphatic heterocycles. The SMILES string of the molecule is Nc1c([N+](=O)[O-])cnc(Cl)c1Cl. The Labute approximate surface area is 77.3 Å². The van der Waals surface area contributed by atoms with Crippen molar-refractivity contribution in [2.45, 2.75) is 0 Å². The summed E-state index contributed by atoms with van der Waals surface area (Å²) in [6, 6.07) is 0. The fourth-order valence-electron chi connectivity index (χ4n) is 0.613. The lowest BCUT2D eigenvalue weighted by molar-refractivity contribution is -0.384. The first-order valence-electron chi connectivity index (χ1n) is 2.78. The lowest BCUT2D eigenvalue weighted by atomic mass is 10.3. The smallest absolute Gasteiger partial charge is 0.311 e. The Hall–Kier alpha value is -1.07. The molecule has 1 rings (SSSR count). The lowest BCUT2D eigenvalue weighted by Crippen LogP contribution is -1.97. The van der Waals surface area contributed by atoms with Gasteiger partial charge in [0.15, 0.2) is 0 Å². The standard InChI is InChI=1S/C5H3Cl2N3O2/c6-3-4(8)2(10(11)12)1-9-5(3)7/h1H,(H2,8,9). The van der Waals surface area contributed by atoms with E-state index in [0.717, 1.165) is 6.20 Å². The van der Waals surface area contributed by atoms with Gasteiger partial charge in [0.1, 0.15) is 22.1 Å². The zero-order valence-electron chi connectivity index (χ0n) is 5.62. The maximum atomic E-state index is 10.3. The van der Waals surface area contributed by atoms with E-state index in [-0.39, 0.29) is 21.6 Å². The van der Waals surface area contributed by atoms with Gasteiger partial charge in [0, 0.05) is 0 Å². The molecule has 1 aromatic rings. The van der Waals surface area contributed by atoms with Crippen LogP contribution in [0.4, 0.5) is 11.4 Å². The van der Waals surface area contributed by atoms with Crippen molar-refractivity contribution in [1.29, 1.82) is 0 Å². The van der Waals surface area contributed by atoms with E-state index >= 15 is 0 Å². The van der Waals surface area contributed by atoms with E-state index in [1.54, 1.807) is 0 Å². The molecule has 0 spiro atoms. The number of halogens is 2. The molecule has 0 fully saturated rings. The average molecular weight is 208 g/mol. The zero-order valence-corrected chi connectivity index (χ0v) is 7.13. The van der Waals surface area contributed by atoms with Crippen LogP contribution in [-0.4, -0.2) is 9.91 Å². The van der Waals surface area contributed by atoms with Gasteiger partial charge in [-0.3, -0.25) is 10.1 Å². The van der Waals surface area contributed by atoms with Crippen LogP contribution in [0.3, 0.4) is 0 Å². The third kappa shape index (κ3) is 1.41. The molecular weight excluding hydrogens is 205 g/mol. The topological polar surface area (TPSA) is 82.0 Å². The molecule has 0 bridgehead atoms. The minimum Gasteiger partial charge on any atom is -0.392 e. The highest BCUT2D eigenvalue weighted by molar-refractivity contribution is 6.43. The highest BCUT2D eigenvalue weighted by Crippen LogP contribution is 2.32. The number of anilines is 1. The Morgan fingerprint density at radius 1 is 1.58 bits per heavy atom. The van der Waals surface area contributed by atoms with Crippen molar-refractivity contribution in [1.82, 2.24) is 4.98 Å². The normalized spacial score (nSPS) is 9.83. The predicted octanol–water partition coefficient (Wildman–Crippen LogP) is 1.88. The van der Waals surface area contributed by atoms with Crippen molar-refractivity contribution >= 4 is 34.6 Å². The summed E-state index contributed by atoms with van der Waals surface area (Å²) in [5.41, 5.74) is 4.78. The molecule has 64 valence electrons. The first-order valence-corrected chi connectivity index (χ1v) is 3.53. The first kappa shape index (κ1) is 9.02. The molecular formula is C5H3Cl2N3O2. The van der Waals surface area contributed by atoms with E-state index in [0.29, 0.717) is 0 Å². The van der Waals surface area contributed by atoms with E-state index in [9.17, 15) is 10.1 Å². The molecule has 0 aromatic carbocycles. The summed E-state index contributed by atoms with van der Waals surface area (Å²) in [6.45, 7) is 0. The Morgan fingerprint density at radius 2 is 2.17 bits per heavy atom. The average Bonchev–Trinajstić information content (AvgIpc) is 2.00. The van der Waals surface area contributed by atoms with Crippen LogP contribution < -0.4 is 5.73 Å². The highest BCUT2D eigenvalue weighted by Gasteiger charge is 2.17. The van der Waals surface area contributed by atoms with Gasteiger partial charge in [-0.1, -0.05) is 23.2 Å². The van der Waals surface area contributed by atoms with Gasteiger partial charge in [0.05, 0.1) is 4.92 Å². The van der Waals surface area contributed by atoms with Crippen molar-refractivity contribution < 1.29 is 4.92 Å². The Balaban J connectivity index is 3.36. The fourth-order valence-corrected chi connectivity index (χ4v) is 0.909. The van der Waals surface area contributed by atoms with E-state index in [1.165, 1.54) is 0 Å². The Bertz CT molecular complexity index is 342. The van der Waals surface area contributed by atoms with Crippen molar-refractivity contribution in [2.24, 2.45) is 0 Å². The number of nitro groups is 1. The van der Waals surface area contributed by atoms with Crippen LogP contribution in [0, 0.1) is 10.1 Å². The summed E-state index contributed by atoms with van der Waals surface area (Å²) in [5, 5.41) is 10.1. The van der Waals surface area contributed by atoms with Gasteiger partial charge in [0.2, 0.25) is 0 Å². The van der Waals surface area contributed by atoms with Gasteiger partial charge in [0.25, 0.3) is 0 Å². The number of nitrogens with zero attached hydrogens (tertiary/aromatic N) is 2. The molecule has 0 amide bonds. The summed E-state index contributed by atoms with van der Waals surface area (Å²) in [4.78, 5) is 13.1. The monoisotopic (exact) mass is 207 g/mol. The van der Waals surface area contributed by atoms with Gasteiger partial charge < -0.3 is 5.73 Å². The minimum atomic E-state index is -0.676. The molecule has 0 radical (unpaired) electrons. The summed E-state index contributed by atoms with van der Waals surface area (Å²) in [6.07, 6.45) is 0.962. The highest BCUT2D eigenvalue weighted by atomic mass is 35.5. The molecule has 0 aliphatic carbocycles. The van der Waals surface area contributed by atoms with Crippen molar-refractivity contribution in [3.05, 3.63) is 26.5 Å². The van der Waals surface area contributed by atoms with Crippen molar-refractivity contribution in [3.8, 4) is 0 Å². The summed E-state index contributed by atoms with van der Waals surface area (Å²) >= 11 is 10.9. The van der Waals surface area contributed by atoms with Crippen LogP contribution in [0.2, 0.25) is 10.2 Å². The molecule has 2 N–H and O–H groups in total. The zero-order chi connectivity index (χ0) is 9.30. The molecule has 12 heavy (non-hydrogen) atoms. The van der Waals surface area contributed by atoms with Crippen LogP contribution in [0.15, 0.2) is 6.20 Å². The number of nitrogens with two attached hydrogens (primary N) is 1. The van der Waals surface area contributed by atoms with Gasteiger partial charge in [-0.25, -0.2) is 4.98 Å². The van der Waals surface area contributed by atoms with Gasteiger partial charge in [-0.2, -0.15) is 0 Å². The van der Waals surface area contributed by atoms with Gasteiger partial charge in [-0.15, -0.1) is 0 Å². The minimum absolute atomic E-state index is 0.0419. The van der Waals surface area contributed by atoms with Crippen LogP contribution in [0.25, 0.3) is 0 Å². The van der Waals surface area contributed by atoms with Crippen LogP contribution in [0.5, 0.6) is 0 Å². The number of hydrogen-bond acceptors (Lipinski definition) is 4. The van der Waals surface area contributed by atoms with Crippen molar-refractivity contribution in [3.63, 3.8) is 0 Å². The van der Waals surface area contributed by atoms with E-state index in [2.05, 4.69) is 4.98 Å². The summed E-state index contributed by atoms with van der Waals surface area (Å²) in [7, 11) is 0. The maximum absolute atomic E-state index is 10.3. The first-order chi connectivity index (χ1) is 5.54. The maximum Gasteiger partial charge on any atom is 0.311 e. The molecule has 1 aromatic heterocycles. The number of nitrogen functional groups attached to an aromatic ring is 1. The van der Waals surface area contributed by atoms with Crippen LogP contribution in [-0.2, 0) is 0 Å². The Morgan fingerprint density at radius 3 is 2.67 bits per heavy atom. The third-order valence-corrected chi connectivity index (χ3v) is 1.96. The van der Waals surface area contributed by atoms with Gasteiger partial charge in [-0.05, 0) is 0 Å². The second kappa shape index (κ2) is 3.12. The number of aromatic nitrogens is 1. The number of rotatable bonds is 1. The quantitative estimate of drug-likeness (QED) is 0.433. The molecule has 0 saturated heterocycles. The molecule has 7 heteroatoms. The number of hydrogen-bond donors (Lipinski definition) is 1. The van der Waals surface area contributed by atoms with Crippen LogP contribution >= 0.6 is 23.2 Å². The number of pyridine rings is 1. The molecule has 0 unspecified atom stereocenters. The summed E-state index contributed by atoms with van der Waals surface area (Å²) < 4.78 is 0. The van der Waals surface area contributed by atoms with Crippen LogP contribution in [0.1, 0.15) is 0 Å². The molecule has 0 atom stereocenters. The van der Waals surface area contributed by atoms with E-state index in [4.69, 9.17) is 28.9 Å². The predicted molar refractivity (Wildman–Crippen MR) is 45.3 cm³/mol. The molecule has 0 saturated carbocycles. The lowest BCUT2D eigenvalue weighted by Gasteiger charge is -1.99.